The Morgan fingerprint density at radius 1 is 1.03 bits per heavy atom. The molecule has 2 amide bonds. The van der Waals surface area contributed by atoms with Gasteiger partial charge in [0, 0.05) is 11.7 Å². The summed E-state index contributed by atoms with van der Waals surface area (Å²) in [6, 6.07) is 13.4. The van der Waals surface area contributed by atoms with Crippen molar-refractivity contribution in [2.75, 3.05) is 26.1 Å². The maximum Gasteiger partial charge on any atom is 0.407 e. The van der Waals surface area contributed by atoms with E-state index in [2.05, 4.69) is 28.0 Å². The number of carbonyl (C=O) groups excluding carboxylic acids is 3. The van der Waals surface area contributed by atoms with Gasteiger partial charge in [-0.05, 0) is 22.3 Å². The van der Waals surface area contributed by atoms with E-state index in [9.17, 15) is 24.6 Å². The minimum Gasteiger partial charge on any atom is -0.467 e. The van der Waals surface area contributed by atoms with E-state index in [4.69, 9.17) is 4.74 Å². The largest absolute Gasteiger partial charge is 0.467 e. The van der Waals surface area contributed by atoms with E-state index in [1.807, 2.05) is 48.5 Å². The summed E-state index contributed by atoms with van der Waals surface area (Å²) in [4.78, 5) is 36.2. The molecule has 1 aliphatic carbocycles. The summed E-state index contributed by atoms with van der Waals surface area (Å²) in [6.07, 6.45) is -2.56. The van der Waals surface area contributed by atoms with Gasteiger partial charge in [-0.25, -0.2) is 9.59 Å². The van der Waals surface area contributed by atoms with Gasteiger partial charge in [-0.1, -0.05) is 48.5 Å². The molecule has 0 unspecified atom stereocenters. The predicted molar refractivity (Wildman–Crippen MR) is 123 cm³/mol. The topological polar surface area (TPSA) is 134 Å². The minimum atomic E-state index is -1.73. The summed E-state index contributed by atoms with van der Waals surface area (Å²) in [5, 5.41) is 24.1. The highest BCUT2D eigenvalue weighted by molar-refractivity contribution is 7.80. The van der Waals surface area contributed by atoms with Crippen molar-refractivity contribution in [1.82, 2.24) is 10.6 Å². The highest BCUT2D eigenvalue weighted by Gasteiger charge is 2.32. The Balaban J connectivity index is 1.60. The average molecular weight is 475 g/mol. The number of ether oxygens (including phenoxy) is 2. The predicted octanol–water partition coefficient (Wildman–Crippen LogP) is 0.835. The molecular weight excluding hydrogens is 448 g/mol. The van der Waals surface area contributed by atoms with Crippen LogP contribution in [-0.4, -0.2) is 72.4 Å². The summed E-state index contributed by atoms with van der Waals surface area (Å²) in [5.41, 5.74) is 4.28. The van der Waals surface area contributed by atoms with Gasteiger partial charge < -0.3 is 30.3 Å². The summed E-state index contributed by atoms with van der Waals surface area (Å²) in [6.45, 7) is -0.646. The molecule has 0 heterocycles. The van der Waals surface area contributed by atoms with Gasteiger partial charge in [0.15, 0.2) is 12.1 Å². The van der Waals surface area contributed by atoms with Crippen molar-refractivity contribution in [3.63, 3.8) is 0 Å². The third kappa shape index (κ3) is 5.47. The lowest BCUT2D eigenvalue weighted by Crippen LogP contribution is -2.55. The normalized spacial score (nSPS) is 14.9. The van der Waals surface area contributed by atoms with Crippen LogP contribution in [-0.2, 0) is 19.1 Å². The molecule has 2 aromatic rings. The van der Waals surface area contributed by atoms with Crippen molar-refractivity contribution in [3.05, 3.63) is 59.7 Å². The maximum absolute atomic E-state index is 12.4. The third-order valence-corrected chi connectivity index (χ3v) is 5.87. The van der Waals surface area contributed by atoms with Gasteiger partial charge in [0.1, 0.15) is 6.61 Å². The third-order valence-electron chi connectivity index (χ3n) is 5.48. The van der Waals surface area contributed by atoms with Crippen LogP contribution < -0.4 is 10.6 Å². The molecule has 0 spiro atoms. The number of rotatable bonds is 9. The SMILES string of the molecule is COC(=O)[C@H](CO)NC(=O)[C@H](O)[C@H](CS)NC(=O)OCC1c2ccccc2-c2ccccc21. The van der Waals surface area contributed by atoms with Crippen molar-refractivity contribution >= 4 is 30.6 Å². The van der Waals surface area contributed by atoms with Gasteiger partial charge in [0.05, 0.1) is 19.8 Å². The molecule has 0 saturated carbocycles. The van der Waals surface area contributed by atoms with E-state index >= 15 is 0 Å². The number of esters is 1. The van der Waals surface area contributed by atoms with Gasteiger partial charge in [-0.2, -0.15) is 12.6 Å². The van der Waals surface area contributed by atoms with Gasteiger partial charge in [-0.3, -0.25) is 4.79 Å². The van der Waals surface area contributed by atoms with Crippen LogP contribution in [0.5, 0.6) is 0 Å². The van der Waals surface area contributed by atoms with Crippen LogP contribution in [0.4, 0.5) is 4.79 Å². The molecule has 10 heteroatoms. The number of fused-ring (bicyclic) bond motifs is 3. The first-order valence-corrected chi connectivity index (χ1v) is 10.9. The number of carbonyl (C=O) groups is 3. The summed E-state index contributed by atoms with van der Waals surface area (Å²) >= 11 is 4.08. The zero-order valence-corrected chi connectivity index (χ0v) is 18.8. The molecule has 0 fully saturated rings. The molecule has 3 rings (SSSR count). The van der Waals surface area contributed by atoms with E-state index in [-0.39, 0.29) is 18.3 Å². The van der Waals surface area contributed by atoms with Gasteiger partial charge >= 0.3 is 12.1 Å². The molecule has 0 radical (unpaired) electrons. The van der Waals surface area contributed by atoms with E-state index in [1.54, 1.807) is 0 Å². The fraction of sp³-hybridized carbons (Fsp3) is 0.348. The Bertz CT molecular complexity index is 970. The van der Waals surface area contributed by atoms with E-state index in [0.29, 0.717) is 0 Å². The van der Waals surface area contributed by atoms with Gasteiger partial charge in [0.2, 0.25) is 0 Å². The van der Waals surface area contributed by atoms with Gasteiger partial charge in [0.25, 0.3) is 5.91 Å². The number of alkyl carbamates (subject to hydrolysis) is 1. The van der Waals surface area contributed by atoms with E-state index < -0.39 is 42.8 Å². The van der Waals surface area contributed by atoms with E-state index in [0.717, 1.165) is 29.4 Å². The maximum atomic E-state index is 12.4. The Kier molecular flexibility index (Phi) is 8.32. The molecule has 2 aromatic carbocycles. The zero-order chi connectivity index (χ0) is 24.0. The lowest BCUT2D eigenvalue weighted by atomic mass is 9.98. The second kappa shape index (κ2) is 11.2. The van der Waals surface area contributed by atoms with Crippen LogP contribution in [0, 0.1) is 0 Å². The number of nitrogens with one attached hydrogen (secondary N) is 2. The number of thiol groups is 1. The van der Waals surface area contributed by atoms with Crippen LogP contribution >= 0.6 is 12.6 Å². The van der Waals surface area contributed by atoms with E-state index in [1.165, 1.54) is 0 Å². The monoisotopic (exact) mass is 474 g/mol. The van der Waals surface area contributed by atoms with Crippen LogP contribution in [0.3, 0.4) is 0 Å². The fourth-order valence-electron chi connectivity index (χ4n) is 3.78. The average Bonchev–Trinajstić information content (AvgIpc) is 3.17. The number of benzene rings is 2. The Labute approximate surface area is 196 Å². The molecule has 0 aromatic heterocycles. The van der Waals surface area contributed by atoms with Gasteiger partial charge in [-0.15, -0.1) is 0 Å². The number of aliphatic hydroxyl groups is 2. The molecule has 0 saturated heterocycles. The molecule has 0 aliphatic heterocycles. The molecule has 33 heavy (non-hydrogen) atoms. The first-order valence-electron chi connectivity index (χ1n) is 10.3. The van der Waals surface area contributed by atoms with Crippen molar-refractivity contribution in [2.45, 2.75) is 24.1 Å². The summed E-state index contributed by atoms with van der Waals surface area (Å²) < 4.78 is 9.88. The molecule has 4 N–H and O–H groups in total. The van der Waals surface area contributed by atoms with Crippen molar-refractivity contribution in [1.29, 1.82) is 0 Å². The van der Waals surface area contributed by atoms with Crippen LogP contribution in [0.15, 0.2) is 48.5 Å². The van der Waals surface area contributed by atoms with Crippen molar-refractivity contribution in [2.24, 2.45) is 0 Å². The smallest absolute Gasteiger partial charge is 0.407 e. The Morgan fingerprint density at radius 2 is 1.61 bits per heavy atom. The molecule has 0 bridgehead atoms. The molecule has 9 nitrogen and oxygen atoms in total. The number of amides is 2. The minimum absolute atomic E-state index is 0.0658. The van der Waals surface area contributed by atoms with Crippen molar-refractivity contribution in [3.8, 4) is 11.1 Å². The lowest BCUT2D eigenvalue weighted by Gasteiger charge is -2.24. The molecule has 1 aliphatic rings. The van der Waals surface area contributed by atoms with Crippen molar-refractivity contribution < 1.29 is 34.1 Å². The number of methoxy groups -OCH3 is 1. The quantitative estimate of drug-likeness (QED) is 0.269. The van der Waals surface area contributed by atoms with Crippen LogP contribution in [0.2, 0.25) is 0 Å². The highest BCUT2D eigenvalue weighted by atomic mass is 32.1. The standard InChI is InChI=1S/C23H26N2O7S/c1-31-22(29)18(10-26)24-21(28)20(27)19(12-33)25-23(30)32-11-17-15-8-4-2-6-13(15)14-7-3-5-9-16(14)17/h2-9,17-20,26-27,33H,10-12H2,1H3,(H,24,28)(H,25,30)/t18-,19-,20+/m0/s1. The second-order valence-electron chi connectivity index (χ2n) is 7.47. The summed E-state index contributed by atoms with van der Waals surface area (Å²) in [7, 11) is 1.10. The second-order valence-corrected chi connectivity index (χ2v) is 7.84. The summed E-state index contributed by atoms with van der Waals surface area (Å²) in [5.74, 6) is -2.07. The first-order chi connectivity index (χ1) is 15.9. The lowest BCUT2D eigenvalue weighted by molar-refractivity contribution is -0.147. The number of hydrogen-bond acceptors (Lipinski definition) is 8. The Morgan fingerprint density at radius 3 is 2.12 bits per heavy atom. The fourth-order valence-corrected chi connectivity index (χ4v) is 4.07. The van der Waals surface area contributed by atoms with Crippen LogP contribution in [0.1, 0.15) is 17.0 Å². The molecule has 3 atom stereocenters. The molecular formula is C23H26N2O7S. The zero-order valence-electron chi connectivity index (χ0n) is 17.9. The first kappa shape index (κ1) is 24.6. The molecule has 176 valence electrons. The Hall–Kier alpha value is -3.08. The highest BCUT2D eigenvalue weighted by Crippen LogP contribution is 2.44. The van der Waals surface area contributed by atoms with Crippen LogP contribution in [0.25, 0.3) is 11.1 Å². The number of hydrogen-bond donors (Lipinski definition) is 5. The number of aliphatic hydroxyl groups excluding tert-OH is 2.